The highest BCUT2D eigenvalue weighted by atomic mass is 32.2. The van der Waals surface area contributed by atoms with Gasteiger partial charge in [-0.3, -0.25) is 4.84 Å². The first-order valence-corrected chi connectivity index (χ1v) is 7.41. The van der Waals surface area contributed by atoms with E-state index in [-0.39, 0.29) is 19.0 Å². The van der Waals surface area contributed by atoms with E-state index in [0.717, 1.165) is 0 Å². The molecule has 0 aliphatic rings. The summed E-state index contributed by atoms with van der Waals surface area (Å²) < 4.78 is 32.6. The van der Waals surface area contributed by atoms with Crippen molar-refractivity contribution >= 4 is 16.0 Å². The molecule has 112 valence electrons. The Morgan fingerprint density at radius 2 is 1.80 bits per heavy atom. The van der Waals surface area contributed by atoms with Gasteiger partial charge in [-0.1, -0.05) is 17.0 Å². The normalized spacial score (nSPS) is 11.3. The number of esters is 1. The molecule has 0 fully saturated rings. The second-order valence-corrected chi connectivity index (χ2v) is 5.56. The van der Waals surface area contributed by atoms with Gasteiger partial charge in [0.25, 0.3) is 0 Å². The highest BCUT2D eigenvalue weighted by molar-refractivity contribution is 7.88. The number of carbonyl (C=O) groups is 1. The first-order chi connectivity index (χ1) is 9.48. The lowest BCUT2D eigenvalue weighted by Crippen LogP contribution is -2.27. The van der Waals surface area contributed by atoms with Crippen LogP contribution < -0.4 is 4.89 Å². The number of hydrogen-bond donors (Lipinski definition) is 1. The summed E-state index contributed by atoms with van der Waals surface area (Å²) in [7, 11) is -0.831. The predicted octanol–water partition coefficient (Wildman–Crippen LogP) is 0.471. The van der Waals surface area contributed by atoms with Crippen molar-refractivity contribution in [2.24, 2.45) is 0 Å². The number of nitrogens with one attached hydrogen (secondary N) is 1. The Morgan fingerprint density at radius 1 is 1.15 bits per heavy atom. The summed E-state index contributed by atoms with van der Waals surface area (Å²) >= 11 is 0. The lowest BCUT2D eigenvalue weighted by atomic mass is 10.1. The molecule has 0 bridgehead atoms. The zero-order chi connectivity index (χ0) is 15.0. The van der Waals surface area contributed by atoms with Crippen molar-refractivity contribution in [2.45, 2.75) is 5.75 Å². The molecule has 0 saturated heterocycles. The van der Waals surface area contributed by atoms with Gasteiger partial charge in [0.1, 0.15) is 0 Å². The third-order valence-electron chi connectivity index (χ3n) is 2.31. The smallest absolute Gasteiger partial charge is 0.337 e. The van der Waals surface area contributed by atoms with Crippen molar-refractivity contribution in [3.05, 3.63) is 35.4 Å². The molecular formula is C12H17NO6S. The second kappa shape index (κ2) is 7.95. The van der Waals surface area contributed by atoms with Gasteiger partial charge in [-0.25, -0.2) is 13.2 Å². The van der Waals surface area contributed by atoms with Crippen LogP contribution in [0.2, 0.25) is 0 Å². The van der Waals surface area contributed by atoms with Crippen molar-refractivity contribution in [1.29, 1.82) is 0 Å². The third kappa shape index (κ3) is 5.66. The maximum absolute atomic E-state index is 11.7. The van der Waals surface area contributed by atoms with Gasteiger partial charge in [0.2, 0.25) is 10.0 Å². The second-order valence-electron chi connectivity index (χ2n) is 3.87. The molecule has 1 N–H and O–H groups in total. The summed E-state index contributed by atoms with van der Waals surface area (Å²) in [5.74, 6) is -0.720. The van der Waals surface area contributed by atoms with Crippen LogP contribution in [0.4, 0.5) is 0 Å². The van der Waals surface area contributed by atoms with Crippen molar-refractivity contribution < 1.29 is 27.5 Å². The maximum atomic E-state index is 11.7. The number of rotatable bonds is 8. The molecule has 20 heavy (non-hydrogen) atoms. The topological polar surface area (TPSA) is 90.9 Å². The summed E-state index contributed by atoms with van der Waals surface area (Å²) in [6.45, 7) is 0.410. The van der Waals surface area contributed by atoms with Crippen LogP contribution in [0.15, 0.2) is 24.3 Å². The molecule has 0 saturated carbocycles. The molecule has 0 unspecified atom stereocenters. The van der Waals surface area contributed by atoms with Gasteiger partial charge in [0, 0.05) is 7.11 Å². The molecule has 0 aliphatic carbocycles. The number of hydrogen-bond acceptors (Lipinski definition) is 6. The fourth-order valence-electron chi connectivity index (χ4n) is 1.36. The zero-order valence-electron chi connectivity index (χ0n) is 11.3. The Hall–Kier alpha value is -1.48. The number of methoxy groups -OCH3 is 2. The Kier molecular flexibility index (Phi) is 6.59. The van der Waals surface area contributed by atoms with Gasteiger partial charge in [0.05, 0.1) is 31.6 Å². The Balaban J connectivity index is 2.57. The van der Waals surface area contributed by atoms with Crippen LogP contribution in [0, 0.1) is 0 Å². The molecule has 0 heterocycles. The molecule has 1 aromatic rings. The van der Waals surface area contributed by atoms with Gasteiger partial charge in [0.15, 0.2) is 0 Å². The van der Waals surface area contributed by atoms with E-state index >= 15 is 0 Å². The highest BCUT2D eigenvalue weighted by Gasteiger charge is 2.12. The molecule has 1 rings (SSSR count). The summed E-state index contributed by atoms with van der Waals surface area (Å²) in [6, 6.07) is 6.09. The lowest BCUT2D eigenvalue weighted by Gasteiger charge is -2.07. The molecule has 8 heteroatoms. The van der Waals surface area contributed by atoms with Crippen LogP contribution >= 0.6 is 0 Å². The minimum atomic E-state index is -3.60. The van der Waals surface area contributed by atoms with E-state index in [1.54, 1.807) is 12.1 Å². The SMILES string of the molecule is COCCONS(=O)(=O)Cc1ccc(C(=O)OC)cc1. The van der Waals surface area contributed by atoms with E-state index < -0.39 is 16.0 Å². The molecule has 0 aromatic heterocycles. The third-order valence-corrected chi connectivity index (χ3v) is 3.39. The fraction of sp³-hybridized carbons (Fsp3) is 0.417. The van der Waals surface area contributed by atoms with E-state index in [9.17, 15) is 13.2 Å². The predicted molar refractivity (Wildman–Crippen MR) is 71.4 cm³/mol. The highest BCUT2D eigenvalue weighted by Crippen LogP contribution is 2.08. The molecule has 1 aromatic carbocycles. The monoisotopic (exact) mass is 303 g/mol. The molecule has 0 aliphatic heterocycles. The standard InChI is InChI=1S/C12H17NO6S/c1-17-7-8-19-13-20(15,16)9-10-3-5-11(6-4-10)12(14)18-2/h3-6,13H,7-9H2,1-2H3. The number of carbonyl (C=O) groups excluding carboxylic acids is 1. The molecule has 0 spiro atoms. The number of sulfonamides is 1. The largest absolute Gasteiger partial charge is 0.465 e. The van der Waals surface area contributed by atoms with Crippen molar-refractivity contribution in [1.82, 2.24) is 4.89 Å². The molecule has 0 radical (unpaired) electrons. The van der Waals surface area contributed by atoms with Gasteiger partial charge < -0.3 is 9.47 Å². The van der Waals surface area contributed by atoms with Crippen LogP contribution in [-0.2, 0) is 30.1 Å². The zero-order valence-corrected chi connectivity index (χ0v) is 12.1. The molecule has 0 atom stereocenters. The van der Waals surface area contributed by atoms with E-state index in [4.69, 9.17) is 9.57 Å². The molecule has 0 amide bonds. The Morgan fingerprint density at radius 3 is 2.35 bits per heavy atom. The minimum Gasteiger partial charge on any atom is -0.465 e. The van der Waals surface area contributed by atoms with Gasteiger partial charge >= 0.3 is 5.97 Å². The average molecular weight is 303 g/mol. The summed E-state index contributed by atoms with van der Waals surface area (Å²) in [5.41, 5.74) is 0.887. The van der Waals surface area contributed by atoms with E-state index in [1.807, 2.05) is 4.89 Å². The van der Waals surface area contributed by atoms with Crippen molar-refractivity contribution in [3.8, 4) is 0 Å². The van der Waals surface area contributed by atoms with Gasteiger partial charge in [-0.2, -0.15) is 0 Å². The first kappa shape index (κ1) is 16.6. The van der Waals surface area contributed by atoms with Crippen molar-refractivity contribution in [3.63, 3.8) is 0 Å². The van der Waals surface area contributed by atoms with Crippen LogP contribution in [0.25, 0.3) is 0 Å². The summed E-state index contributed by atoms with van der Waals surface area (Å²) in [5, 5.41) is 0. The van der Waals surface area contributed by atoms with Crippen LogP contribution in [0.5, 0.6) is 0 Å². The van der Waals surface area contributed by atoms with Crippen molar-refractivity contribution in [2.75, 3.05) is 27.4 Å². The average Bonchev–Trinajstić information content (AvgIpc) is 2.43. The van der Waals surface area contributed by atoms with E-state index in [0.29, 0.717) is 11.1 Å². The van der Waals surface area contributed by atoms with E-state index in [1.165, 1.54) is 26.4 Å². The van der Waals surface area contributed by atoms with Crippen LogP contribution in [0.3, 0.4) is 0 Å². The minimum absolute atomic E-state index is 0.122. The molecular weight excluding hydrogens is 286 g/mol. The first-order valence-electron chi connectivity index (χ1n) is 5.76. The fourth-order valence-corrected chi connectivity index (χ4v) is 2.31. The Bertz CT molecular complexity index is 525. The Labute approximate surface area is 117 Å². The van der Waals surface area contributed by atoms with Crippen LogP contribution in [0.1, 0.15) is 15.9 Å². The number of ether oxygens (including phenoxy) is 2. The lowest BCUT2D eigenvalue weighted by molar-refractivity contribution is 0.0438. The van der Waals surface area contributed by atoms with E-state index in [2.05, 4.69) is 4.74 Å². The number of benzene rings is 1. The summed E-state index contributed by atoms with van der Waals surface area (Å²) in [4.78, 5) is 18.0. The molecule has 7 nitrogen and oxygen atoms in total. The van der Waals surface area contributed by atoms with Gasteiger partial charge in [-0.05, 0) is 17.7 Å². The van der Waals surface area contributed by atoms with Gasteiger partial charge in [-0.15, -0.1) is 0 Å². The van der Waals surface area contributed by atoms with Crippen LogP contribution in [-0.4, -0.2) is 41.8 Å². The quantitative estimate of drug-likeness (QED) is 0.426. The summed E-state index contributed by atoms with van der Waals surface area (Å²) in [6.07, 6.45) is 0. The maximum Gasteiger partial charge on any atom is 0.337 e.